The number of pyridine rings is 1. The lowest BCUT2D eigenvalue weighted by Gasteiger charge is -2.19. The van der Waals surface area contributed by atoms with Crippen LogP contribution in [0.1, 0.15) is 31.2 Å². The Morgan fingerprint density at radius 1 is 1.48 bits per heavy atom. The minimum absolute atomic E-state index is 0.0497. The lowest BCUT2D eigenvalue weighted by atomic mass is 10.2. The van der Waals surface area contributed by atoms with Crippen molar-refractivity contribution in [3.63, 3.8) is 0 Å². The molecule has 0 unspecified atom stereocenters. The van der Waals surface area contributed by atoms with Gasteiger partial charge in [-0.3, -0.25) is 4.79 Å². The molecule has 108 valence electrons. The van der Waals surface area contributed by atoms with E-state index in [0.717, 1.165) is 12.8 Å². The Hall–Kier alpha value is -2.60. The van der Waals surface area contributed by atoms with E-state index in [9.17, 15) is 4.79 Å². The summed E-state index contributed by atoms with van der Waals surface area (Å²) in [4.78, 5) is 17.8. The van der Waals surface area contributed by atoms with Crippen LogP contribution < -0.4 is 5.32 Å². The molecule has 2 heterocycles. The largest absolute Gasteiger partial charge is 0.370 e. The van der Waals surface area contributed by atoms with Gasteiger partial charge in [-0.1, -0.05) is 0 Å². The van der Waals surface area contributed by atoms with Gasteiger partial charge in [0.15, 0.2) is 0 Å². The molecule has 6 nitrogen and oxygen atoms in total. The van der Waals surface area contributed by atoms with Crippen molar-refractivity contribution in [2.45, 2.75) is 31.7 Å². The Morgan fingerprint density at radius 2 is 2.33 bits per heavy atom. The molecule has 1 aromatic rings. The van der Waals surface area contributed by atoms with Gasteiger partial charge in [-0.15, -0.1) is 0 Å². The number of nitrogens with zero attached hydrogens (tertiary/aromatic N) is 4. The summed E-state index contributed by atoms with van der Waals surface area (Å²) in [5.74, 6) is 0.742. The van der Waals surface area contributed by atoms with Crippen molar-refractivity contribution in [3.05, 3.63) is 23.9 Å². The monoisotopic (exact) mass is 283 g/mol. The molecule has 2 rings (SSSR count). The number of nitriles is 2. The van der Waals surface area contributed by atoms with Gasteiger partial charge in [0, 0.05) is 25.7 Å². The predicted octanol–water partition coefficient (Wildman–Crippen LogP) is 1.66. The first-order valence-corrected chi connectivity index (χ1v) is 7.03. The maximum absolute atomic E-state index is 12.0. The number of anilines is 1. The van der Waals surface area contributed by atoms with Gasteiger partial charge in [-0.2, -0.15) is 10.5 Å². The van der Waals surface area contributed by atoms with E-state index in [-0.39, 0.29) is 11.9 Å². The number of hydrogen-bond donors (Lipinski definition) is 1. The molecular weight excluding hydrogens is 266 g/mol. The van der Waals surface area contributed by atoms with Crippen molar-refractivity contribution < 1.29 is 4.79 Å². The van der Waals surface area contributed by atoms with E-state index in [2.05, 4.69) is 16.4 Å². The van der Waals surface area contributed by atoms with Crippen LogP contribution in [0, 0.1) is 22.7 Å². The van der Waals surface area contributed by atoms with Crippen LogP contribution in [0.3, 0.4) is 0 Å². The summed E-state index contributed by atoms with van der Waals surface area (Å²) < 4.78 is 0. The molecular formula is C15H17N5O. The maximum atomic E-state index is 12.0. The highest BCUT2D eigenvalue weighted by Crippen LogP contribution is 2.17. The van der Waals surface area contributed by atoms with E-state index in [4.69, 9.17) is 10.5 Å². The average Bonchev–Trinajstić information content (AvgIpc) is 3.00. The molecule has 0 saturated carbocycles. The second kappa shape index (κ2) is 7.25. The van der Waals surface area contributed by atoms with E-state index in [1.165, 1.54) is 6.20 Å². The molecule has 0 aliphatic carbocycles. The number of hydrogen-bond acceptors (Lipinski definition) is 5. The molecule has 1 N–H and O–H groups in total. The van der Waals surface area contributed by atoms with Gasteiger partial charge in [0.25, 0.3) is 0 Å². The zero-order chi connectivity index (χ0) is 15.1. The smallest absolute Gasteiger partial charge is 0.223 e. The highest BCUT2D eigenvalue weighted by Gasteiger charge is 2.27. The molecule has 1 aromatic heterocycles. The summed E-state index contributed by atoms with van der Waals surface area (Å²) in [6.07, 6.45) is 4.33. The van der Waals surface area contributed by atoms with Gasteiger partial charge in [0.2, 0.25) is 5.91 Å². The standard InChI is InChI=1S/C15H17N5O/c16-9-12-5-6-14(19-11-12)18-7-1-4-15(21)20-8-2-3-13(20)10-17/h5-6,11,13H,1-4,7-8H2,(H,18,19)/t13-/m0/s1. The summed E-state index contributed by atoms with van der Waals surface area (Å²) in [6.45, 7) is 1.33. The number of nitrogens with one attached hydrogen (secondary N) is 1. The number of rotatable bonds is 5. The fourth-order valence-electron chi connectivity index (χ4n) is 2.36. The normalized spacial score (nSPS) is 17.0. The van der Waals surface area contributed by atoms with Gasteiger partial charge in [0.05, 0.1) is 11.6 Å². The van der Waals surface area contributed by atoms with Crippen LogP contribution >= 0.6 is 0 Å². The lowest BCUT2D eigenvalue weighted by Crippen LogP contribution is -2.34. The number of carbonyl (C=O) groups is 1. The summed E-state index contributed by atoms with van der Waals surface area (Å²) in [6, 6.07) is 7.38. The Kier molecular flexibility index (Phi) is 5.11. The zero-order valence-corrected chi connectivity index (χ0v) is 11.7. The third-order valence-corrected chi connectivity index (χ3v) is 3.49. The SMILES string of the molecule is N#Cc1ccc(NCCCC(=O)N2CCC[C@H]2C#N)nc1. The van der Waals surface area contributed by atoms with Crippen molar-refractivity contribution in [1.29, 1.82) is 10.5 Å². The molecule has 1 aliphatic rings. The van der Waals surface area contributed by atoms with E-state index in [1.54, 1.807) is 17.0 Å². The number of amides is 1. The molecule has 1 saturated heterocycles. The predicted molar refractivity (Wildman–Crippen MR) is 77.0 cm³/mol. The lowest BCUT2D eigenvalue weighted by molar-refractivity contribution is -0.131. The van der Waals surface area contributed by atoms with E-state index >= 15 is 0 Å². The minimum atomic E-state index is -0.245. The maximum Gasteiger partial charge on any atom is 0.223 e. The first-order chi connectivity index (χ1) is 10.2. The second-order valence-corrected chi connectivity index (χ2v) is 4.95. The Bertz CT molecular complexity index is 569. The summed E-state index contributed by atoms with van der Waals surface area (Å²) in [5.41, 5.74) is 0.521. The quantitative estimate of drug-likeness (QED) is 0.829. The third-order valence-electron chi connectivity index (χ3n) is 3.49. The van der Waals surface area contributed by atoms with Crippen LogP contribution in [0.15, 0.2) is 18.3 Å². The molecule has 0 aromatic carbocycles. The molecule has 1 atom stereocenters. The highest BCUT2D eigenvalue weighted by molar-refractivity contribution is 5.77. The third kappa shape index (κ3) is 3.93. The Labute approximate surface area is 124 Å². The number of aromatic nitrogens is 1. The van der Waals surface area contributed by atoms with Crippen LogP contribution in [0.5, 0.6) is 0 Å². The first-order valence-electron chi connectivity index (χ1n) is 7.03. The van der Waals surface area contributed by atoms with Gasteiger partial charge in [-0.25, -0.2) is 4.98 Å². The molecule has 6 heteroatoms. The highest BCUT2D eigenvalue weighted by atomic mass is 16.2. The van der Waals surface area contributed by atoms with Crippen molar-refractivity contribution in [2.75, 3.05) is 18.4 Å². The van der Waals surface area contributed by atoms with Crippen molar-refractivity contribution in [1.82, 2.24) is 9.88 Å². The minimum Gasteiger partial charge on any atom is -0.370 e. The zero-order valence-electron chi connectivity index (χ0n) is 11.7. The molecule has 21 heavy (non-hydrogen) atoms. The Morgan fingerprint density at radius 3 is 3.00 bits per heavy atom. The van der Waals surface area contributed by atoms with Gasteiger partial charge in [-0.05, 0) is 31.4 Å². The van der Waals surface area contributed by atoms with Gasteiger partial charge in [0.1, 0.15) is 17.9 Å². The molecule has 0 radical (unpaired) electrons. The van der Waals surface area contributed by atoms with Crippen LogP contribution in [-0.2, 0) is 4.79 Å². The molecule has 0 bridgehead atoms. The number of carbonyl (C=O) groups excluding carboxylic acids is 1. The van der Waals surface area contributed by atoms with Crippen LogP contribution in [0.25, 0.3) is 0 Å². The number of likely N-dealkylation sites (tertiary alicyclic amines) is 1. The van der Waals surface area contributed by atoms with Gasteiger partial charge >= 0.3 is 0 Å². The molecule has 1 aliphatic heterocycles. The van der Waals surface area contributed by atoms with Crippen LogP contribution in [0.2, 0.25) is 0 Å². The summed E-state index contributed by atoms with van der Waals surface area (Å²) >= 11 is 0. The van der Waals surface area contributed by atoms with E-state index < -0.39 is 0 Å². The molecule has 0 spiro atoms. The molecule has 1 fully saturated rings. The van der Waals surface area contributed by atoms with E-state index in [1.807, 2.05) is 6.07 Å². The first kappa shape index (κ1) is 14.8. The van der Waals surface area contributed by atoms with E-state index in [0.29, 0.717) is 37.3 Å². The van der Waals surface area contributed by atoms with Crippen LogP contribution in [0.4, 0.5) is 5.82 Å². The second-order valence-electron chi connectivity index (χ2n) is 4.95. The average molecular weight is 283 g/mol. The topological polar surface area (TPSA) is 92.8 Å². The van der Waals surface area contributed by atoms with Crippen LogP contribution in [-0.4, -0.2) is 34.9 Å². The van der Waals surface area contributed by atoms with Gasteiger partial charge < -0.3 is 10.2 Å². The van der Waals surface area contributed by atoms with Crippen molar-refractivity contribution >= 4 is 11.7 Å². The fourth-order valence-corrected chi connectivity index (χ4v) is 2.36. The van der Waals surface area contributed by atoms with Crippen molar-refractivity contribution in [3.8, 4) is 12.1 Å². The fraction of sp³-hybridized carbons (Fsp3) is 0.467. The van der Waals surface area contributed by atoms with Crippen molar-refractivity contribution in [2.24, 2.45) is 0 Å². The molecule has 1 amide bonds. The summed E-state index contributed by atoms with van der Waals surface area (Å²) in [7, 11) is 0. The summed E-state index contributed by atoms with van der Waals surface area (Å²) in [5, 5.41) is 20.7. The Balaban J connectivity index is 1.71.